The summed E-state index contributed by atoms with van der Waals surface area (Å²) in [5.74, 6) is 0.673. The number of benzene rings is 2. The minimum Gasteiger partial charge on any atom is -0.497 e. The Balaban J connectivity index is 1.58. The van der Waals surface area contributed by atoms with Crippen molar-refractivity contribution in [2.24, 2.45) is 5.92 Å². The van der Waals surface area contributed by atoms with Gasteiger partial charge in [-0.15, -0.1) is 0 Å². The van der Waals surface area contributed by atoms with Gasteiger partial charge in [-0.3, -0.25) is 9.59 Å². The Bertz CT molecular complexity index is 991. The third kappa shape index (κ3) is 2.45. The summed E-state index contributed by atoms with van der Waals surface area (Å²) in [7, 11) is 3.23. The highest BCUT2D eigenvalue weighted by Crippen LogP contribution is 2.54. The fourth-order valence-corrected chi connectivity index (χ4v) is 5.29. The summed E-state index contributed by atoms with van der Waals surface area (Å²) in [5.41, 5.74) is 0.716. The van der Waals surface area contributed by atoms with Crippen LogP contribution < -0.4 is 14.4 Å². The van der Waals surface area contributed by atoms with Crippen LogP contribution in [0.25, 0.3) is 0 Å². The first-order chi connectivity index (χ1) is 14.5. The number of ether oxygens (including phenoxy) is 2. The molecule has 0 N–H and O–H groups in total. The average molecular weight is 407 g/mol. The minimum absolute atomic E-state index is 0.150. The van der Waals surface area contributed by atoms with Gasteiger partial charge in [-0.05, 0) is 55.3 Å². The molecule has 2 amide bonds. The van der Waals surface area contributed by atoms with E-state index in [0.717, 1.165) is 30.8 Å². The number of rotatable bonds is 4. The fraction of sp³-hybridized carbons (Fsp3) is 0.391. The van der Waals surface area contributed by atoms with E-state index in [9.17, 15) is 9.59 Å². The lowest BCUT2D eigenvalue weighted by atomic mass is 9.81. The molecule has 7 nitrogen and oxygen atoms in total. The van der Waals surface area contributed by atoms with E-state index in [1.807, 2.05) is 31.2 Å². The molecule has 5 rings (SSSR count). The van der Waals surface area contributed by atoms with Crippen molar-refractivity contribution < 1.29 is 19.1 Å². The molecule has 0 saturated carbocycles. The van der Waals surface area contributed by atoms with Crippen molar-refractivity contribution >= 4 is 17.5 Å². The SMILES string of the molecule is COc1ccc([C@@H]2[C@@H]3C(=O)N(c4ccc(OC)cc4)C(=O)[C@@]3(C)N3CCCN23)cc1. The number of carbonyl (C=O) groups excluding carboxylic acids is 2. The summed E-state index contributed by atoms with van der Waals surface area (Å²) in [6.07, 6.45) is 0.971. The summed E-state index contributed by atoms with van der Waals surface area (Å²) < 4.78 is 10.5. The van der Waals surface area contributed by atoms with Crippen LogP contribution in [0.5, 0.6) is 11.5 Å². The number of methoxy groups -OCH3 is 2. The Labute approximate surface area is 175 Å². The highest BCUT2D eigenvalue weighted by molar-refractivity contribution is 6.26. The predicted octanol–water partition coefficient (Wildman–Crippen LogP) is 2.63. The molecule has 3 fully saturated rings. The van der Waals surface area contributed by atoms with Gasteiger partial charge in [0.1, 0.15) is 17.0 Å². The second kappa shape index (κ2) is 6.82. The van der Waals surface area contributed by atoms with Crippen molar-refractivity contribution in [3.8, 4) is 11.5 Å². The lowest BCUT2D eigenvalue weighted by Gasteiger charge is -2.33. The molecule has 156 valence electrons. The van der Waals surface area contributed by atoms with Crippen molar-refractivity contribution in [1.29, 1.82) is 0 Å². The van der Waals surface area contributed by atoms with Crippen LogP contribution in [-0.2, 0) is 9.59 Å². The maximum Gasteiger partial charge on any atom is 0.256 e. The first-order valence-electron chi connectivity index (χ1n) is 10.2. The quantitative estimate of drug-likeness (QED) is 0.726. The molecule has 2 aromatic carbocycles. The Kier molecular flexibility index (Phi) is 4.34. The third-order valence-corrected chi connectivity index (χ3v) is 6.76. The molecule has 0 unspecified atom stereocenters. The molecule has 3 saturated heterocycles. The molecular formula is C23H25N3O4. The van der Waals surface area contributed by atoms with Crippen LogP contribution in [0.15, 0.2) is 48.5 Å². The Morgan fingerprint density at radius 3 is 2.10 bits per heavy atom. The molecule has 3 aliphatic heterocycles. The van der Waals surface area contributed by atoms with Crippen LogP contribution in [0.3, 0.4) is 0 Å². The van der Waals surface area contributed by atoms with Crippen LogP contribution in [-0.4, -0.2) is 54.7 Å². The molecule has 0 aliphatic carbocycles. The highest BCUT2D eigenvalue weighted by Gasteiger charge is 2.70. The molecule has 0 bridgehead atoms. The maximum atomic E-state index is 13.7. The Morgan fingerprint density at radius 1 is 0.900 bits per heavy atom. The van der Waals surface area contributed by atoms with E-state index in [4.69, 9.17) is 9.47 Å². The molecule has 3 aliphatic rings. The monoisotopic (exact) mass is 407 g/mol. The van der Waals surface area contributed by atoms with E-state index < -0.39 is 11.5 Å². The third-order valence-electron chi connectivity index (χ3n) is 6.76. The highest BCUT2D eigenvalue weighted by atomic mass is 16.5. The van der Waals surface area contributed by atoms with E-state index in [-0.39, 0.29) is 17.9 Å². The number of imide groups is 1. The van der Waals surface area contributed by atoms with Crippen molar-refractivity contribution in [3.05, 3.63) is 54.1 Å². The van der Waals surface area contributed by atoms with Crippen LogP contribution in [0.4, 0.5) is 5.69 Å². The summed E-state index contributed by atoms with van der Waals surface area (Å²) >= 11 is 0. The number of fused-ring (bicyclic) bond motifs is 3. The van der Waals surface area contributed by atoms with E-state index in [0.29, 0.717) is 11.4 Å². The van der Waals surface area contributed by atoms with Gasteiger partial charge in [0.2, 0.25) is 5.91 Å². The first-order valence-corrected chi connectivity index (χ1v) is 10.2. The summed E-state index contributed by atoms with van der Waals surface area (Å²) in [4.78, 5) is 28.7. The number of amides is 2. The van der Waals surface area contributed by atoms with Crippen LogP contribution in [0.1, 0.15) is 24.9 Å². The van der Waals surface area contributed by atoms with Gasteiger partial charge in [0.15, 0.2) is 0 Å². The van der Waals surface area contributed by atoms with Gasteiger partial charge in [0.05, 0.1) is 31.9 Å². The molecule has 7 heteroatoms. The number of hydrogen-bond acceptors (Lipinski definition) is 6. The predicted molar refractivity (Wildman–Crippen MR) is 111 cm³/mol. The number of carbonyl (C=O) groups is 2. The second-order valence-corrected chi connectivity index (χ2v) is 8.16. The zero-order valence-electron chi connectivity index (χ0n) is 17.4. The molecule has 3 heterocycles. The van der Waals surface area contributed by atoms with E-state index >= 15 is 0 Å². The maximum absolute atomic E-state index is 13.7. The normalized spacial score (nSPS) is 28.7. The number of anilines is 1. The smallest absolute Gasteiger partial charge is 0.256 e. The number of nitrogens with zero attached hydrogens (tertiary/aromatic N) is 3. The summed E-state index contributed by atoms with van der Waals surface area (Å²) in [6, 6.07) is 14.7. The van der Waals surface area contributed by atoms with Crippen molar-refractivity contribution in [2.75, 3.05) is 32.2 Å². The zero-order chi connectivity index (χ0) is 21.0. The summed E-state index contributed by atoms with van der Waals surface area (Å²) in [6.45, 7) is 3.53. The molecule has 2 aromatic rings. The first kappa shape index (κ1) is 19.1. The Morgan fingerprint density at radius 2 is 1.50 bits per heavy atom. The molecule has 0 spiro atoms. The van der Waals surface area contributed by atoms with E-state index in [1.165, 1.54) is 4.90 Å². The average Bonchev–Trinajstić information content (AvgIpc) is 3.40. The van der Waals surface area contributed by atoms with E-state index in [2.05, 4.69) is 10.0 Å². The topological polar surface area (TPSA) is 62.3 Å². The van der Waals surface area contributed by atoms with Crippen LogP contribution in [0.2, 0.25) is 0 Å². The van der Waals surface area contributed by atoms with Gasteiger partial charge >= 0.3 is 0 Å². The minimum atomic E-state index is -0.891. The van der Waals surface area contributed by atoms with Gasteiger partial charge in [-0.25, -0.2) is 14.9 Å². The van der Waals surface area contributed by atoms with Gasteiger partial charge in [0.25, 0.3) is 5.91 Å². The molecule has 3 atom stereocenters. The zero-order valence-corrected chi connectivity index (χ0v) is 17.4. The van der Waals surface area contributed by atoms with Gasteiger partial charge in [-0.1, -0.05) is 12.1 Å². The standard InChI is InChI=1S/C23H25N3O4/c1-23-19(21(27)26(22(23)28)16-7-11-18(30-3)12-8-16)20(24-13-4-14-25(23)24)15-5-9-17(29-2)10-6-15/h5-12,19-20H,4,13-14H2,1-3H3/t19-,20-,23+/m1/s1. The molecular weight excluding hydrogens is 382 g/mol. The number of hydrazine groups is 1. The van der Waals surface area contributed by atoms with Gasteiger partial charge < -0.3 is 9.47 Å². The van der Waals surface area contributed by atoms with Crippen LogP contribution in [0, 0.1) is 5.92 Å². The van der Waals surface area contributed by atoms with Gasteiger partial charge in [-0.2, -0.15) is 0 Å². The second-order valence-electron chi connectivity index (χ2n) is 8.16. The largest absolute Gasteiger partial charge is 0.497 e. The lowest BCUT2D eigenvalue weighted by Crippen LogP contribution is -2.52. The summed E-state index contributed by atoms with van der Waals surface area (Å²) in [5, 5.41) is 4.34. The van der Waals surface area contributed by atoms with Crippen molar-refractivity contribution in [1.82, 2.24) is 10.0 Å². The van der Waals surface area contributed by atoms with Crippen LogP contribution >= 0.6 is 0 Å². The van der Waals surface area contributed by atoms with Crippen molar-refractivity contribution in [3.63, 3.8) is 0 Å². The Hall–Kier alpha value is -2.90. The lowest BCUT2D eigenvalue weighted by molar-refractivity contribution is -0.131. The number of hydrogen-bond donors (Lipinski definition) is 0. The molecule has 0 aromatic heterocycles. The van der Waals surface area contributed by atoms with E-state index in [1.54, 1.807) is 38.5 Å². The molecule has 30 heavy (non-hydrogen) atoms. The van der Waals surface area contributed by atoms with Crippen molar-refractivity contribution in [2.45, 2.75) is 24.9 Å². The molecule has 0 radical (unpaired) electrons. The fourth-order valence-electron chi connectivity index (χ4n) is 5.29. The van der Waals surface area contributed by atoms with Gasteiger partial charge in [0, 0.05) is 13.1 Å².